The fourth-order valence-corrected chi connectivity index (χ4v) is 2.17. The van der Waals surface area contributed by atoms with Gasteiger partial charge in [-0.3, -0.25) is 4.79 Å². The second-order valence-corrected chi connectivity index (χ2v) is 5.66. The SMILES string of the molecule is [B]CC(C)(C)CC(C)(C)CC(=O)Cl. The Bertz CT molecular complexity index is 187. The van der Waals surface area contributed by atoms with E-state index < -0.39 is 0 Å². The minimum absolute atomic E-state index is 0.0539. The van der Waals surface area contributed by atoms with Gasteiger partial charge in [-0.05, 0) is 28.9 Å². The number of rotatable bonds is 5. The molecule has 0 aliphatic heterocycles. The predicted molar refractivity (Wildman–Crippen MR) is 58.2 cm³/mol. The average Bonchev–Trinajstić information content (AvgIpc) is 1.81. The Balaban J connectivity index is 4.24. The molecule has 13 heavy (non-hydrogen) atoms. The molecule has 0 fully saturated rings. The molecule has 0 aliphatic rings. The first-order valence-electron chi connectivity index (χ1n) is 4.57. The van der Waals surface area contributed by atoms with Crippen molar-refractivity contribution in [3.8, 4) is 0 Å². The van der Waals surface area contributed by atoms with Crippen LogP contribution in [-0.4, -0.2) is 13.1 Å². The Hall–Kier alpha value is 0.0249. The molecule has 0 saturated carbocycles. The van der Waals surface area contributed by atoms with E-state index in [1.807, 2.05) is 13.8 Å². The lowest BCUT2D eigenvalue weighted by molar-refractivity contribution is -0.113. The van der Waals surface area contributed by atoms with Gasteiger partial charge in [-0.1, -0.05) is 34.0 Å². The number of hydrogen-bond acceptors (Lipinski definition) is 1. The molecule has 2 radical (unpaired) electrons. The van der Waals surface area contributed by atoms with E-state index in [2.05, 4.69) is 13.8 Å². The summed E-state index contributed by atoms with van der Waals surface area (Å²) in [6, 6.07) is 0. The Labute approximate surface area is 87.6 Å². The fraction of sp³-hybridized carbons (Fsp3) is 0.900. The summed E-state index contributed by atoms with van der Waals surface area (Å²) in [4.78, 5) is 10.8. The van der Waals surface area contributed by atoms with Gasteiger partial charge in [-0.25, -0.2) is 0 Å². The third-order valence-electron chi connectivity index (χ3n) is 2.13. The molecule has 0 heterocycles. The van der Waals surface area contributed by atoms with Gasteiger partial charge >= 0.3 is 0 Å². The lowest BCUT2D eigenvalue weighted by Gasteiger charge is -2.33. The van der Waals surface area contributed by atoms with Crippen LogP contribution in [0, 0.1) is 10.8 Å². The molecule has 0 atom stereocenters. The van der Waals surface area contributed by atoms with E-state index in [0.29, 0.717) is 12.7 Å². The van der Waals surface area contributed by atoms with Crippen LogP contribution < -0.4 is 0 Å². The van der Waals surface area contributed by atoms with Crippen molar-refractivity contribution >= 4 is 24.7 Å². The molecular formula is C10H18BClO. The van der Waals surface area contributed by atoms with Crippen molar-refractivity contribution in [1.29, 1.82) is 0 Å². The van der Waals surface area contributed by atoms with Gasteiger partial charge in [-0.2, -0.15) is 0 Å². The predicted octanol–water partition coefficient (Wildman–Crippen LogP) is 3.17. The van der Waals surface area contributed by atoms with Crippen molar-refractivity contribution in [3.05, 3.63) is 0 Å². The molecule has 0 spiro atoms. The molecule has 0 saturated heterocycles. The standard InChI is InChI=1S/C10H18BClO/c1-9(2,5-8(12)13)6-10(3,4)7-11/h5-7H2,1-4H3. The van der Waals surface area contributed by atoms with Crippen LogP contribution >= 0.6 is 11.6 Å². The lowest BCUT2D eigenvalue weighted by Crippen LogP contribution is -2.24. The van der Waals surface area contributed by atoms with E-state index in [1.165, 1.54) is 0 Å². The van der Waals surface area contributed by atoms with Gasteiger partial charge in [0.1, 0.15) is 0 Å². The van der Waals surface area contributed by atoms with Crippen LogP contribution in [0.3, 0.4) is 0 Å². The summed E-state index contributed by atoms with van der Waals surface area (Å²) in [5.74, 6) is 0. The molecule has 0 N–H and O–H groups in total. The highest BCUT2D eigenvalue weighted by Crippen LogP contribution is 2.38. The molecule has 1 nitrogen and oxygen atoms in total. The van der Waals surface area contributed by atoms with Crippen LogP contribution in [0.15, 0.2) is 0 Å². The lowest BCUT2D eigenvalue weighted by atomic mass is 9.68. The highest BCUT2D eigenvalue weighted by atomic mass is 35.5. The third kappa shape index (κ3) is 6.14. The molecular weight excluding hydrogens is 182 g/mol. The summed E-state index contributed by atoms with van der Waals surface area (Å²) in [6.07, 6.45) is 1.96. The summed E-state index contributed by atoms with van der Waals surface area (Å²) in [7, 11) is 5.63. The first-order chi connectivity index (χ1) is 5.68. The van der Waals surface area contributed by atoms with Crippen molar-refractivity contribution in [1.82, 2.24) is 0 Å². The summed E-state index contributed by atoms with van der Waals surface area (Å²) < 4.78 is 0. The minimum atomic E-state index is -0.266. The van der Waals surface area contributed by atoms with Crippen molar-refractivity contribution < 1.29 is 4.79 Å². The highest BCUT2D eigenvalue weighted by molar-refractivity contribution is 6.63. The molecule has 0 aliphatic carbocycles. The van der Waals surface area contributed by atoms with Crippen LogP contribution in [0.4, 0.5) is 0 Å². The van der Waals surface area contributed by atoms with Gasteiger partial charge in [0.05, 0.1) is 7.85 Å². The van der Waals surface area contributed by atoms with Crippen molar-refractivity contribution in [3.63, 3.8) is 0 Å². The Morgan fingerprint density at radius 3 is 2.00 bits per heavy atom. The number of halogens is 1. The van der Waals surface area contributed by atoms with Gasteiger partial charge in [0.25, 0.3) is 0 Å². The van der Waals surface area contributed by atoms with E-state index in [-0.39, 0.29) is 16.1 Å². The fourth-order valence-electron chi connectivity index (χ4n) is 1.81. The Kier molecular flexibility index (Phi) is 4.51. The quantitative estimate of drug-likeness (QED) is 0.492. The largest absolute Gasteiger partial charge is 0.281 e. The van der Waals surface area contributed by atoms with Gasteiger partial charge in [-0.15, -0.1) is 0 Å². The average molecular weight is 201 g/mol. The number of carbonyl (C=O) groups is 1. The highest BCUT2D eigenvalue weighted by Gasteiger charge is 2.28. The molecule has 0 aromatic carbocycles. The first kappa shape index (κ1) is 13.0. The summed E-state index contributed by atoms with van der Waals surface area (Å²) >= 11 is 5.36. The van der Waals surface area contributed by atoms with Crippen molar-refractivity contribution in [2.24, 2.45) is 10.8 Å². The zero-order valence-electron chi connectivity index (χ0n) is 8.98. The molecule has 74 valence electrons. The number of hydrogen-bond donors (Lipinski definition) is 0. The minimum Gasteiger partial charge on any atom is -0.281 e. The zero-order chi connectivity index (χ0) is 10.7. The number of carbonyl (C=O) groups excluding carboxylic acids is 1. The second-order valence-electron chi connectivity index (χ2n) is 5.24. The maximum Gasteiger partial charge on any atom is 0.222 e. The Morgan fingerprint density at radius 1 is 1.23 bits per heavy atom. The molecule has 0 bridgehead atoms. The van der Waals surface area contributed by atoms with E-state index >= 15 is 0 Å². The topological polar surface area (TPSA) is 17.1 Å². The van der Waals surface area contributed by atoms with Gasteiger partial charge in [0.15, 0.2) is 0 Å². The van der Waals surface area contributed by atoms with Crippen LogP contribution in [-0.2, 0) is 4.79 Å². The Morgan fingerprint density at radius 2 is 1.69 bits per heavy atom. The molecule has 0 amide bonds. The molecule has 0 unspecified atom stereocenters. The monoisotopic (exact) mass is 200 g/mol. The van der Waals surface area contributed by atoms with E-state index in [9.17, 15) is 4.79 Å². The maximum absolute atomic E-state index is 10.8. The van der Waals surface area contributed by atoms with Crippen molar-refractivity contribution in [2.75, 3.05) is 0 Å². The van der Waals surface area contributed by atoms with Gasteiger partial charge < -0.3 is 0 Å². The van der Waals surface area contributed by atoms with Crippen LogP contribution in [0.2, 0.25) is 6.32 Å². The van der Waals surface area contributed by atoms with Gasteiger partial charge in [0, 0.05) is 6.42 Å². The van der Waals surface area contributed by atoms with Crippen molar-refractivity contribution in [2.45, 2.75) is 46.9 Å². The molecule has 3 heteroatoms. The summed E-state index contributed by atoms with van der Waals surface area (Å²) in [6.45, 7) is 8.30. The molecule has 0 aromatic heterocycles. The smallest absolute Gasteiger partial charge is 0.222 e. The first-order valence-corrected chi connectivity index (χ1v) is 4.95. The normalized spacial score (nSPS) is 13.0. The maximum atomic E-state index is 10.8. The summed E-state index contributed by atoms with van der Waals surface area (Å²) in [5.41, 5.74) is 0.0253. The molecule has 0 rings (SSSR count). The summed E-state index contributed by atoms with van der Waals surface area (Å²) in [5, 5.41) is -0.266. The van der Waals surface area contributed by atoms with E-state index in [4.69, 9.17) is 19.4 Å². The molecule has 0 aromatic rings. The van der Waals surface area contributed by atoms with Crippen LogP contribution in [0.5, 0.6) is 0 Å². The third-order valence-corrected chi connectivity index (χ3v) is 2.26. The van der Waals surface area contributed by atoms with E-state index in [1.54, 1.807) is 0 Å². The second kappa shape index (κ2) is 4.50. The van der Waals surface area contributed by atoms with Gasteiger partial charge in [0.2, 0.25) is 5.24 Å². The van der Waals surface area contributed by atoms with Crippen LogP contribution in [0.25, 0.3) is 0 Å². The zero-order valence-corrected chi connectivity index (χ0v) is 9.74. The van der Waals surface area contributed by atoms with Crippen LogP contribution in [0.1, 0.15) is 40.5 Å². The van der Waals surface area contributed by atoms with E-state index in [0.717, 1.165) is 6.42 Å².